The second kappa shape index (κ2) is 6.85. The number of anilines is 1. The van der Waals surface area contributed by atoms with E-state index in [4.69, 9.17) is 0 Å². The standard InChI is InChI=1S/C18H28N4O/c1-4-18(23)21-15-6-5-13-9-22(10-14(13)7-15)17-8-16(12(2)3)19-11-20-17/h8,11-15H,4-7,9-10H2,1-3H3,(H,21,23). The molecule has 23 heavy (non-hydrogen) atoms. The van der Waals surface area contributed by atoms with Gasteiger partial charge in [0.1, 0.15) is 12.1 Å². The van der Waals surface area contributed by atoms with Gasteiger partial charge >= 0.3 is 0 Å². The van der Waals surface area contributed by atoms with Crippen molar-refractivity contribution >= 4 is 11.7 Å². The van der Waals surface area contributed by atoms with Crippen LogP contribution in [0.2, 0.25) is 0 Å². The highest BCUT2D eigenvalue weighted by molar-refractivity contribution is 5.75. The number of amides is 1. The van der Waals surface area contributed by atoms with Crippen molar-refractivity contribution < 1.29 is 4.79 Å². The summed E-state index contributed by atoms with van der Waals surface area (Å²) in [7, 11) is 0. The number of aromatic nitrogens is 2. The largest absolute Gasteiger partial charge is 0.356 e. The van der Waals surface area contributed by atoms with Crippen LogP contribution in [0.1, 0.15) is 58.1 Å². The van der Waals surface area contributed by atoms with Crippen LogP contribution < -0.4 is 10.2 Å². The van der Waals surface area contributed by atoms with Crippen molar-refractivity contribution in [3.63, 3.8) is 0 Å². The van der Waals surface area contributed by atoms with E-state index >= 15 is 0 Å². The molecule has 1 aromatic rings. The molecule has 1 aliphatic heterocycles. The maximum Gasteiger partial charge on any atom is 0.219 e. The SMILES string of the molecule is CCC(=O)NC1CCC2CN(c3cc(C(C)C)ncn3)CC2C1. The lowest BCUT2D eigenvalue weighted by Gasteiger charge is -2.31. The predicted octanol–water partition coefficient (Wildman–Crippen LogP) is 2.73. The minimum absolute atomic E-state index is 0.181. The average molecular weight is 316 g/mol. The smallest absolute Gasteiger partial charge is 0.219 e. The van der Waals surface area contributed by atoms with Gasteiger partial charge in [0.05, 0.1) is 0 Å². The van der Waals surface area contributed by atoms with Crippen LogP contribution in [-0.2, 0) is 4.79 Å². The maximum atomic E-state index is 11.6. The summed E-state index contributed by atoms with van der Waals surface area (Å²) in [6.07, 6.45) is 5.70. The zero-order valence-electron chi connectivity index (χ0n) is 14.5. The highest BCUT2D eigenvalue weighted by Crippen LogP contribution is 2.38. The van der Waals surface area contributed by atoms with E-state index in [0.717, 1.165) is 43.4 Å². The van der Waals surface area contributed by atoms with Gasteiger partial charge in [-0.3, -0.25) is 4.79 Å². The fourth-order valence-corrected chi connectivity index (χ4v) is 3.93. The molecule has 5 heteroatoms. The van der Waals surface area contributed by atoms with Crippen molar-refractivity contribution in [3.05, 3.63) is 18.1 Å². The summed E-state index contributed by atoms with van der Waals surface area (Å²) < 4.78 is 0. The lowest BCUT2D eigenvalue weighted by atomic mass is 9.79. The molecule has 3 unspecified atom stereocenters. The average Bonchev–Trinajstić information content (AvgIpc) is 2.98. The highest BCUT2D eigenvalue weighted by atomic mass is 16.1. The van der Waals surface area contributed by atoms with Gasteiger partial charge in [0, 0.05) is 37.3 Å². The Morgan fingerprint density at radius 3 is 2.83 bits per heavy atom. The lowest BCUT2D eigenvalue weighted by Crippen LogP contribution is -2.40. The van der Waals surface area contributed by atoms with E-state index in [9.17, 15) is 4.79 Å². The Balaban J connectivity index is 1.64. The van der Waals surface area contributed by atoms with Gasteiger partial charge < -0.3 is 10.2 Å². The molecule has 1 saturated carbocycles. The molecule has 1 N–H and O–H groups in total. The van der Waals surface area contributed by atoms with Gasteiger partial charge in [0.15, 0.2) is 0 Å². The minimum atomic E-state index is 0.181. The number of hydrogen-bond acceptors (Lipinski definition) is 4. The quantitative estimate of drug-likeness (QED) is 0.928. The zero-order valence-corrected chi connectivity index (χ0v) is 14.5. The fourth-order valence-electron chi connectivity index (χ4n) is 3.93. The van der Waals surface area contributed by atoms with Crippen molar-refractivity contribution in [3.8, 4) is 0 Å². The van der Waals surface area contributed by atoms with E-state index in [-0.39, 0.29) is 5.91 Å². The van der Waals surface area contributed by atoms with E-state index in [1.165, 1.54) is 6.42 Å². The second-order valence-corrected chi connectivity index (χ2v) is 7.31. The molecule has 2 aliphatic rings. The molecular formula is C18H28N4O. The summed E-state index contributed by atoms with van der Waals surface area (Å²) >= 11 is 0. The number of nitrogens with zero attached hydrogens (tertiary/aromatic N) is 3. The van der Waals surface area contributed by atoms with Gasteiger partial charge in [-0.25, -0.2) is 9.97 Å². The Morgan fingerprint density at radius 1 is 1.30 bits per heavy atom. The lowest BCUT2D eigenvalue weighted by molar-refractivity contribution is -0.121. The number of rotatable bonds is 4. The zero-order chi connectivity index (χ0) is 16.4. The third kappa shape index (κ3) is 3.65. The number of carbonyl (C=O) groups is 1. The summed E-state index contributed by atoms with van der Waals surface area (Å²) in [6, 6.07) is 2.50. The minimum Gasteiger partial charge on any atom is -0.356 e. The van der Waals surface area contributed by atoms with Crippen LogP contribution in [-0.4, -0.2) is 35.0 Å². The molecule has 1 aliphatic carbocycles. The van der Waals surface area contributed by atoms with Gasteiger partial charge in [-0.15, -0.1) is 0 Å². The van der Waals surface area contributed by atoms with Crippen LogP contribution in [0.5, 0.6) is 0 Å². The molecule has 5 nitrogen and oxygen atoms in total. The van der Waals surface area contributed by atoms with Crippen LogP contribution in [0.25, 0.3) is 0 Å². The van der Waals surface area contributed by atoms with Crippen molar-refractivity contribution in [1.29, 1.82) is 0 Å². The van der Waals surface area contributed by atoms with E-state index in [1.807, 2.05) is 6.92 Å². The molecule has 2 fully saturated rings. The summed E-state index contributed by atoms with van der Waals surface area (Å²) in [5.41, 5.74) is 1.11. The Morgan fingerprint density at radius 2 is 2.09 bits per heavy atom. The van der Waals surface area contributed by atoms with Crippen LogP contribution >= 0.6 is 0 Å². The van der Waals surface area contributed by atoms with Crippen molar-refractivity contribution in [2.24, 2.45) is 11.8 Å². The van der Waals surface area contributed by atoms with Gasteiger partial charge in [-0.05, 0) is 37.0 Å². The first kappa shape index (κ1) is 16.2. The van der Waals surface area contributed by atoms with Gasteiger partial charge in [-0.1, -0.05) is 20.8 Å². The fraction of sp³-hybridized carbons (Fsp3) is 0.722. The topological polar surface area (TPSA) is 58.1 Å². The molecule has 2 heterocycles. The number of carbonyl (C=O) groups excluding carboxylic acids is 1. The first-order valence-electron chi connectivity index (χ1n) is 8.93. The molecule has 3 rings (SSSR count). The second-order valence-electron chi connectivity index (χ2n) is 7.31. The molecule has 1 aromatic heterocycles. The molecule has 0 aromatic carbocycles. The molecule has 0 spiro atoms. The van der Waals surface area contributed by atoms with Gasteiger partial charge in [0.2, 0.25) is 5.91 Å². The number of hydrogen-bond donors (Lipinski definition) is 1. The van der Waals surface area contributed by atoms with Crippen molar-refractivity contribution in [2.45, 2.75) is 58.4 Å². The van der Waals surface area contributed by atoms with Crippen molar-refractivity contribution in [2.75, 3.05) is 18.0 Å². The summed E-state index contributed by atoms with van der Waals surface area (Å²) in [5, 5.41) is 3.18. The molecule has 126 valence electrons. The van der Waals surface area contributed by atoms with E-state index < -0.39 is 0 Å². The molecule has 3 atom stereocenters. The van der Waals surface area contributed by atoms with Crippen LogP contribution in [0.15, 0.2) is 12.4 Å². The molecule has 0 bridgehead atoms. The van der Waals surface area contributed by atoms with Crippen LogP contribution in [0.4, 0.5) is 5.82 Å². The summed E-state index contributed by atoms with van der Waals surface area (Å²) in [6.45, 7) is 8.39. The summed E-state index contributed by atoms with van der Waals surface area (Å²) in [5.74, 6) is 3.08. The highest BCUT2D eigenvalue weighted by Gasteiger charge is 2.38. The van der Waals surface area contributed by atoms with E-state index in [0.29, 0.717) is 24.3 Å². The third-order valence-electron chi connectivity index (χ3n) is 5.33. The summed E-state index contributed by atoms with van der Waals surface area (Å²) in [4.78, 5) is 22.9. The Hall–Kier alpha value is -1.65. The predicted molar refractivity (Wildman–Crippen MR) is 91.4 cm³/mol. The number of fused-ring (bicyclic) bond motifs is 1. The molecule has 1 amide bonds. The molecule has 1 saturated heterocycles. The number of nitrogens with one attached hydrogen (secondary N) is 1. The normalized spacial score (nSPS) is 27.1. The van der Waals surface area contributed by atoms with Gasteiger partial charge in [-0.2, -0.15) is 0 Å². The monoisotopic (exact) mass is 316 g/mol. The van der Waals surface area contributed by atoms with E-state index in [1.54, 1.807) is 6.33 Å². The third-order valence-corrected chi connectivity index (χ3v) is 5.33. The first-order chi connectivity index (χ1) is 11.1. The Bertz CT molecular complexity index is 560. The van der Waals surface area contributed by atoms with Crippen LogP contribution in [0.3, 0.4) is 0 Å². The molecular weight excluding hydrogens is 288 g/mol. The first-order valence-corrected chi connectivity index (χ1v) is 8.93. The molecule has 0 radical (unpaired) electrons. The Labute approximate surface area is 138 Å². The van der Waals surface area contributed by atoms with Gasteiger partial charge in [0.25, 0.3) is 0 Å². The maximum absolute atomic E-state index is 11.6. The Kier molecular flexibility index (Phi) is 4.83. The van der Waals surface area contributed by atoms with E-state index in [2.05, 4.69) is 40.1 Å². The van der Waals surface area contributed by atoms with Crippen molar-refractivity contribution in [1.82, 2.24) is 15.3 Å². The van der Waals surface area contributed by atoms with Crippen LogP contribution in [0, 0.1) is 11.8 Å².